The van der Waals surface area contributed by atoms with Crippen LogP contribution in [0.2, 0.25) is 0 Å². The quantitative estimate of drug-likeness (QED) is 0.698. The molecular weight excluding hydrogens is 166 g/mol. The number of aliphatic hydroxyl groups is 1. The van der Waals surface area contributed by atoms with Gasteiger partial charge in [0, 0.05) is 13.0 Å². The van der Waals surface area contributed by atoms with E-state index in [1.54, 1.807) is 11.0 Å². The number of nitrogens with zero attached hydrogens (tertiary/aromatic N) is 3. The Balaban J connectivity index is 2.19. The highest BCUT2D eigenvalue weighted by atomic mass is 16.3. The van der Waals surface area contributed by atoms with E-state index in [0.717, 1.165) is 25.1 Å². The van der Waals surface area contributed by atoms with Gasteiger partial charge < -0.3 is 5.11 Å². The van der Waals surface area contributed by atoms with Crippen LogP contribution in [0.25, 0.3) is 0 Å². The van der Waals surface area contributed by atoms with Crippen LogP contribution in [0.15, 0.2) is 6.33 Å². The van der Waals surface area contributed by atoms with E-state index in [9.17, 15) is 5.11 Å². The van der Waals surface area contributed by atoms with Crippen LogP contribution in [-0.2, 0) is 7.05 Å². The predicted octanol–water partition coefficient (Wildman–Crippen LogP) is 0.834. The van der Waals surface area contributed by atoms with E-state index in [-0.39, 0.29) is 12.0 Å². The van der Waals surface area contributed by atoms with Gasteiger partial charge in [0.2, 0.25) is 0 Å². The van der Waals surface area contributed by atoms with Crippen molar-refractivity contribution in [2.75, 3.05) is 0 Å². The third-order valence-corrected chi connectivity index (χ3v) is 2.81. The summed E-state index contributed by atoms with van der Waals surface area (Å²) in [6.45, 7) is 0. The summed E-state index contributed by atoms with van der Waals surface area (Å²) in [5.41, 5.74) is 0. The minimum Gasteiger partial charge on any atom is -0.392 e. The molecule has 0 spiro atoms. The number of aromatic nitrogens is 3. The molecule has 2 atom stereocenters. The van der Waals surface area contributed by atoms with Gasteiger partial charge >= 0.3 is 0 Å². The Kier molecular flexibility index (Phi) is 2.31. The summed E-state index contributed by atoms with van der Waals surface area (Å²) < 4.78 is 1.76. The molecule has 1 N–H and O–H groups in total. The van der Waals surface area contributed by atoms with Crippen molar-refractivity contribution in [2.24, 2.45) is 7.05 Å². The molecule has 0 bridgehead atoms. The van der Waals surface area contributed by atoms with Gasteiger partial charge in [0.05, 0.1) is 6.10 Å². The van der Waals surface area contributed by atoms with E-state index in [0.29, 0.717) is 0 Å². The van der Waals surface area contributed by atoms with Crippen LogP contribution in [0.5, 0.6) is 0 Å². The third kappa shape index (κ3) is 1.58. The summed E-state index contributed by atoms with van der Waals surface area (Å²) in [7, 11) is 1.88. The Morgan fingerprint density at radius 1 is 1.46 bits per heavy atom. The van der Waals surface area contributed by atoms with Crippen LogP contribution >= 0.6 is 0 Å². The van der Waals surface area contributed by atoms with Crippen molar-refractivity contribution in [3.63, 3.8) is 0 Å². The Morgan fingerprint density at radius 3 is 2.85 bits per heavy atom. The molecule has 4 nitrogen and oxygen atoms in total. The van der Waals surface area contributed by atoms with Crippen molar-refractivity contribution in [1.29, 1.82) is 0 Å². The SMILES string of the molecule is Cn1ncnc1C1CCCCC1O. The lowest BCUT2D eigenvalue weighted by Crippen LogP contribution is -2.25. The zero-order valence-corrected chi connectivity index (χ0v) is 7.85. The molecule has 13 heavy (non-hydrogen) atoms. The van der Waals surface area contributed by atoms with E-state index < -0.39 is 0 Å². The second kappa shape index (κ2) is 3.46. The molecule has 1 fully saturated rings. The van der Waals surface area contributed by atoms with Gasteiger partial charge in [-0.2, -0.15) is 5.10 Å². The zero-order valence-electron chi connectivity index (χ0n) is 7.85. The standard InChI is InChI=1S/C9H15N3O/c1-12-9(10-6-11-12)7-4-2-3-5-8(7)13/h6-8,13H,2-5H2,1H3. The van der Waals surface area contributed by atoms with Crippen molar-refractivity contribution >= 4 is 0 Å². The number of aryl methyl sites for hydroxylation is 1. The van der Waals surface area contributed by atoms with Crippen LogP contribution < -0.4 is 0 Å². The summed E-state index contributed by atoms with van der Waals surface area (Å²) in [5.74, 6) is 1.12. The van der Waals surface area contributed by atoms with Crippen LogP contribution in [0.3, 0.4) is 0 Å². The normalized spacial score (nSPS) is 29.1. The van der Waals surface area contributed by atoms with E-state index in [1.165, 1.54) is 6.42 Å². The van der Waals surface area contributed by atoms with Gasteiger partial charge in [0.1, 0.15) is 12.2 Å². The summed E-state index contributed by atoms with van der Waals surface area (Å²) >= 11 is 0. The molecule has 1 aromatic rings. The molecular formula is C9H15N3O. The Morgan fingerprint density at radius 2 is 2.23 bits per heavy atom. The fourth-order valence-electron chi connectivity index (χ4n) is 2.05. The molecule has 0 amide bonds. The average Bonchev–Trinajstić information content (AvgIpc) is 2.52. The summed E-state index contributed by atoms with van der Waals surface area (Å²) in [6, 6.07) is 0. The van der Waals surface area contributed by atoms with Crippen molar-refractivity contribution in [3.8, 4) is 0 Å². The van der Waals surface area contributed by atoms with E-state index in [1.807, 2.05) is 7.05 Å². The largest absolute Gasteiger partial charge is 0.392 e. The molecule has 0 saturated heterocycles. The van der Waals surface area contributed by atoms with Gasteiger partial charge in [-0.05, 0) is 12.8 Å². The monoisotopic (exact) mass is 181 g/mol. The first kappa shape index (κ1) is 8.69. The van der Waals surface area contributed by atoms with Crippen molar-refractivity contribution in [3.05, 3.63) is 12.2 Å². The maximum absolute atomic E-state index is 9.78. The second-order valence-corrected chi connectivity index (χ2v) is 3.70. The molecule has 4 heteroatoms. The maximum atomic E-state index is 9.78. The Hall–Kier alpha value is -0.900. The first-order chi connectivity index (χ1) is 6.29. The Bertz CT molecular complexity index is 284. The summed E-state index contributed by atoms with van der Waals surface area (Å²) in [4.78, 5) is 4.18. The van der Waals surface area contributed by atoms with Crippen molar-refractivity contribution < 1.29 is 5.11 Å². The predicted molar refractivity (Wildman–Crippen MR) is 48.2 cm³/mol. The van der Waals surface area contributed by atoms with E-state index in [2.05, 4.69) is 10.1 Å². The molecule has 72 valence electrons. The molecule has 0 radical (unpaired) electrons. The van der Waals surface area contributed by atoms with Gasteiger partial charge in [-0.1, -0.05) is 12.8 Å². The third-order valence-electron chi connectivity index (χ3n) is 2.81. The molecule has 0 aliphatic heterocycles. The zero-order chi connectivity index (χ0) is 9.26. The van der Waals surface area contributed by atoms with Gasteiger partial charge in [-0.15, -0.1) is 0 Å². The first-order valence-corrected chi connectivity index (χ1v) is 4.81. The Labute approximate surface area is 77.6 Å². The lowest BCUT2D eigenvalue weighted by Gasteiger charge is -2.26. The lowest BCUT2D eigenvalue weighted by atomic mass is 9.86. The fraction of sp³-hybridized carbons (Fsp3) is 0.778. The van der Waals surface area contributed by atoms with Gasteiger partial charge in [0.25, 0.3) is 0 Å². The minimum atomic E-state index is -0.225. The van der Waals surface area contributed by atoms with Crippen LogP contribution in [-0.4, -0.2) is 26.0 Å². The second-order valence-electron chi connectivity index (χ2n) is 3.70. The topological polar surface area (TPSA) is 50.9 Å². The molecule has 1 aliphatic carbocycles. The molecule has 1 saturated carbocycles. The number of rotatable bonds is 1. The molecule has 1 aromatic heterocycles. The van der Waals surface area contributed by atoms with E-state index in [4.69, 9.17) is 0 Å². The van der Waals surface area contributed by atoms with Crippen molar-refractivity contribution in [1.82, 2.24) is 14.8 Å². The number of hydrogen-bond donors (Lipinski definition) is 1. The highest BCUT2D eigenvalue weighted by molar-refractivity contribution is 5.00. The van der Waals surface area contributed by atoms with Crippen LogP contribution in [0, 0.1) is 0 Å². The van der Waals surface area contributed by atoms with Gasteiger partial charge in [-0.25, -0.2) is 4.98 Å². The molecule has 0 aromatic carbocycles. The highest BCUT2D eigenvalue weighted by Crippen LogP contribution is 2.31. The number of aliphatic hydroxyl groups excluding tert-OH is 1. The minimum absolute atomic E-state index is 0.196. The average molecular weight is 181 g/mol. The van der Waals surface area contributed by atoms with E-state index >= 15 is 0 Å². The molecule has 2 unspecified atom stereocenters. The molecule has 1 heterocycles. The van der Waals surface area contributed by atoms with Crippen LogP contribution in [0.4, 0.5) is 0 Å². The first-order valence-electron chi connectivity index (χ1n) is 4.81. The van der Waals surface area contributed by atoms with Gasteiger partial charge in [-0.3, -0.25) is 4.68 Å². The molecule has 1 aliphatic rings. The smallest absolute Gasteiger partial charge is 0.138 e. The highest BCUT2D eigenvalue weighted by Gasteiger charge is 2.27. The molecule has 2 rings (SSSR count). The van der Waals surface area contributed by atoms with Gasteiger partial charge in [0.15, 0.2) is 0 Å². The lowest BCUT2D eigenvalue weighted by molar-refractivity contribution is 0.101. The fourth-order valence-corrected chi connectivity index (χ4v) is 2.05. The maximum Gasteiger partial charge on any atom is 0.138 e. The van der Waals surface area contributed by atoms with Crippen molar-refractivity contribution in [2.45, 2.75) is 37.7 Å². The summed E-state index contributed by atoms with van der Waals surface area (Å²) in [6.07, 6.45) is 5.59. The summed E-state index contributed by atoms with van der Waals surface area (Å²) in [5, 5.41) is 13.8. The number of hydrogen-bond acceptors (Lipinski definition) is 3. The van der Waals surface area contributed by atoms with Crippen LogP contribution in [0.1, 0.15) is 37.4 Å².